The molecule has 0 aromatic carbocycles. The van der Waals surface area contributed by atoms with E-state index in [1.165, 1.54) is 21.3 Å². The summed E-state index contributed by atoms with van der Waals surface area (Å²) in [7, 11) is 4.02. The fraction of sp³-hybridized carbons (Fsp3) is 1.00. The van der Waals surface area contributed by atoms with Crippen LogP contribution in [0.3, 0.4) is 0 Å². The van der Waals surface area contributed by atoms with Gasteiger partial charge in [0, 0.05) is 21.3 Å². The third kappa shape index (κ3) is 8.95. The van der Waals surface area contributed by atoms with Gasteiger partial charge in [-0.3, -0.25) is 0 Å². The second kappa shape index (κ2) is 11.7. The van der Waals surface area contributed by atoms with Gasteiger partial charge in [-0.05, 0) is 0 Å². The molecule has 0 bridgehead atoms. The maximum absolute atomic E-state index is 4.60. The fourth-order valence-electron chi connectivity index (χ4n) is 0.289. The maximum atomic E-state index is 4.60. The Hall–Kier alpha value is 0.949. The predicted octanol–water partition coefficient (Wildman–Crippen LogP) is 0.330. The molecule has 0 fully saturated rings. The maximum Gasteiger partial charge on any atom is 2.00 e. The zero-order valence-corrected chi connectivity index (χ0v) is 8.09. The van der Waals surface area contributed by atoms with Gasteiger partial charge in [0.1, 0.15) is 0 Å². The van der Waals surface area contributed by atoms with E-state index in [4.69, 9.17) is 0 Å². The monoisotopic (exact) mass is 188 g/mol. The van der Waals surface area contributed by atoms with Crippen molar-refractivity contribution in [3.05, 3.63) is 0 Å². The molecule has 52 valence electrons. The Morgan fingerprint density at radius 2 is 1.11 bits per heavy atom. The van der Waals surface area contributed by atoms with Crippen LogP contribution in [0.1, 0.15) is 0 Å². The topological polar surface area (TPSA) is 27.7 Å². The molecule has 0 aliphatic carbocycles. The van der Waals surface area contributed by atoms with E-state index in [0.29, 0.717) is 0 Å². The Morgan fingerprint density at radius 1 is 0.889 bits per heavy atom. The van der Waals surface area contributed by atoms with Gasteiger partial charge in [0.25, 0.3) is 0 Å². The molecule has 0 heterocycles. The van der Waals surface area contributed by atoms with Gasteiger partial charge in [-0.15, -0.1) is 12.4 Å². The van der Waals surface area contributed by atoms with E-state index < -0.39 is 7.32 Å². The Bertz CT molecular complexity index is 40.5. The molecule has 0 rings (SSSR count). The van der Waals surface area contributed by atoms with E-state index >= 15 is 0 Å². The molecular weight excluding hydrogens is 178 g/mol. The van der Waals surface area contributed by atoms with Crippen LogP contribution in [0.2, 0.25) is 0 Å². The quantitative estimate of drug-likeness (QED) is 0.597. The summed E-state index contributed by atoms with van der Waals surface area (Å²) in [6.07, 6.45) is 0. The molecule has 9 heavy (non-hydrogen) atoms. The van der Waals surface area contributed by atoms with Crippen molar-refractivity contribution in [3.8, 4) is 0 Å². The van der Waals surface area contributed by atoms with Crippen molar-refractivity contribution < 1.29 is 35.7 Å². The summed E-state index contributed by atoms with van der Waals surface area (Å²) >= 11 is 0. The number of hydrogen-bond donors (Lipinski definition) is 0. The molecule has 6 heteroatoms. The SMILES string of the molecule is COB(OC)OC.Cl.[Ti+2]. The molecule has 0 atom stereocenters. The summed E-state index contributed by atoms with van der Waals surface area (Å²) in [5.41, 5.74) is 0. The van der Waals surface area contributed by atoms with Gasteiger partial charge < -0.3 is 14.0 Å². The Kier molecular flexibility index (Phi) is 21.5. The summed E-state index contributed by atoms with van der Waals surface area (Å²) in [5.74, 6) is 0. The normalized spacial score (nSPS) is 7.00. The average Bonchev–Trinajstić information content (AvgIpc) is 1.72. The van der Waals surface area contributed by atoms with Gasteiger partial charge in [0.2, 0.25) is 0 Å². The van der Waals surface area contributed by atoms with Crippen molar-refractivity contribution in [1.82, 2.24) is 0 Å². The van der Waals surface area contributed by atoms with Crippen LogP contribution in [-0.2, 0) is 35.7 Å². The van der Waals surface area contributed by atoms with Crippen molar-refractivity contribution in [2.75, 3.05) is 21.3 Å². The molecule has 3 nitrogen and oxygen atoms in total. The minimum Gasteiger partial charge on any atom is -0.389 e. The van der Waals surface area contributed by atoms with Gasteiger partial charge in [0.05, 0.1) is 0 Å². The van der Waals surface area contributed by atoms with Crippen LogP contribution in [0, 0.1) is 0 Å². The molecule has 0 aromatic heterocycles. The smallest absolute Gasteiger partial charge is 0.389 e. The van der Waals surface area contributed by atoms with Crippen LogP contribution in [0.15, 0.2) is 0 Å². The van der Waals surface area contributed by atoms with Crippen molar-refractivity contribution in [1.29, 1.82) is 0 Å². The van der Waals surface area contributed by atoms with E-state index in [9.17, 15) is 0 Å². The molecule has 0 aliphatic heterocycles. The van der Waals surface area contributed by atoms with Gasteiger partial charge in [0.15, 0.2) is 0 Å². The molecule has 0 spiro atoms. The van der Waals surface area contributed by atoms with Gasteiger partial charge in [-0.2, -0.15) is 0 Å². The second-order valence-corrected chi connectivity index (χ2v) is 0.996. The third-order valence-electron chi connectivity index (χ3n) is 0.577. The summed E-state index contributed by atoms with van der Waals surface area (Å²) in [5, 5.41) is 0. The van der Waals surface area contributed by atoms with Crippen LogP contribution in [0.5, 0.6) is 0 Å². The summed E-state index contributed by atoms with van der Waals surface area (Å²) < 4.78 is 13.8. The number of halogens is 1. The van der Waals surface area contributed by atoms with E-state index in [-0.39, 0.29) is 34.1 Å². The Balaban J connectivity index is -0.000000180. The van der Waals surface area contributed by atoms with Gasteiger partial charge >= 0.3 is 29.0 Å². The zero-order chi connectivity index (χ0) is 5.70. The molecule has 0 saturated carbocycles. The summed E-state index contributed by atoms with van der Waals surface area (Å²) in [4.78, 5) is 0. The molecule has 0 aromatic rings. The standard InChI is InChI=1S/C3H9BO3.ClH.Ti/c1-5-4(6-2)7-3;;/h1-3H3;1H;/q;;+2. The first kappa shape index (κ1) is 16.5. The van der Waals surface area contributed by atoms with Gasteiger partial charge in [-0.25, -0.2) is 0 Å². The fourth-order valence-corrected chi connectivity index (χ4v) is 0.289. The predicted molar refractivity (Wildman–Crippen MR) is 34.0 cm³/mol. The molecular formula is C3H10BClO3Ti+2. The van der Waals surface area contributed by atoms with Crippen LogP contribution < -0.4 is 0 Å². The Labute approximate surface area is 76.9 Å². The first-order valence-electron chi connectivity index (χ1n) is 1.93. The van der Waals surface area contributed by atoms with Crippen molar-refractivity contribution in [2.45, 2.75) is 0 Å². The van der Waals surface area contributed by atoms with E-state index in [2.05, 4.69) is 14.0 Å². The van der Waals surface area contributed by atoms with E-state index in [1.807, 2.05) is 0 Å². The molecule has 0 saturated heterocycles. The third-order valence-corrected chi connectivity index (χ3v) is 0.577. The Morgan fingerprint density at radius 3 is 1.11 bits per heavy atom. The van der Waals surface area contributed by atoms with Crippen molar-refractivity contribution in [3.63, 3.8) is 0 Å². The summed E-state index contributed by atoms with van der Waals surface area (Å²) in [6.45, 7) is 0. The average molecular weight is 188 g/mol. The molecule has 0 aliphatic rings. The molecule has 0 amide bonds. The van der Waals surface area contributed by atoms with Crippen LogP contribution in [0.25, 0.3) is 0 Å². The zero-order valence-electron chi connectivity index (χ0n) is 5.71. The van der Waals surface area contributed by atoms with Crippen LogP contribution in [-0.4, -0.2) is 28.7 Å². The van der Waals surface area contributed by atoms with Crippen molar-refractivity contribution >= 4 is 19.7 Å². The minimum absolute atomic E-state index is 0. The second-order valence-electron chi connectivity index (χ2n) is 0.996. The molecule has 0 unspecified atom stereocenters. The summed E-state index contributed by atoms with van der Waals surface area (Å²) in [6, 6.07) is 0. The first-order chi connectivity index (χ1) is 3.35. The van der Waals surface area contributed by atoms with E-state index in [1.54, 1.807) is 0 Å². The van der Waals surface area contributed by atoms with E-state index in [0.717, 1.165) is 0 Å². The largest absolute Gasteiger partial charge is 2.00 e. The van der Waals surface area contributed by atoms with Crippen LogP contribution >= 0.6 is 12.4 Å². The number of hydrogen-bond acceptors (Lipinski definition) is 3. The number of rotatable bonds is 3. The van der Waals surface area contributed by atoms with Crippen LogP contribution in [0.4, 0.5) is 0 Å². The molecule has 0 radical (unpaired) electrons. The first-order valence-corrected chi connectivity index (χ1v) is 1.93. The van der Waals surface area contributed by atoms with Gasteiger partial charge in [-0.1, -0.05) is 0 Å². The minimum atomic E-state index is -0.514. The molecule has 0 N–H and O–H groups in total. The van der Waals surface area contributed by atoms with Crippen molar-refractivity contribution in [2.24, 2.45) is 0 Å².